The predicted molar refractivity (Wildman–Crippen MR) is 85.8 cm³/mol. The maximum Gasteiger partial charge on any atom is 0.191 e. The van der Waals surface area contributed by atoms with Crippen molar-refractivity contribution in [1.82, 2.24) is 10.6 Å². The van der Waals surface area contributed by atoms with Crippen LogP contribution in [-0.2, 0) is 4.74 Å². The second-order valence-electron chi connectivity index (χ2n) is 4.98. The first-order chi connectivity index (χ1) is 8.38. The Morgan fingerprint density at radius 3 is 2.61 bits per heavy atom. The summed E-state index contributed by atoms with van der Waals surface area (Å²) in [5.74, 6) is 0.968. The standard InChI is InChI=1S/C13H25N3O.HI/c1-2-14-13(16-11-6-3-4-7-11)15-10-12-8-5-9-17-12;/h11-12H,2-10H2,1H3,(H2,14,15,16);1H. The molecule has 1 aliphatic heterocycles. The molecule has 0 spiro atoms. The van der Waals surface area contributed by atoms with E-state index in [9.17, 15) is 0 Å². The van der Waals surface area contributed by atoms with Gasteiger partial charge in [0, 0.05) is 19.2 Å². The lowest BCUT2D eigenvalue weighted by atomic mass is 10.2. The van der Waals surface area contributed by atoms with Crippen LogP contribution in [0.3, 0.4) is 0 Å². The molecule has 2 N–H and O–H groups in total. The number of hydrogen-bond acceptors (Lipinski definition) is 2. The molecule has 4 nitrogen and oxygen atoms in total. The van der Waals surface area contributed by atoms with Gasteiger partial charge in [-0.1, -0.05) is 12.8 Å². The van der Waals surface area contributed by atoms with Crippen LogP contribution in [0.2, 0.25) is 0 Å². The van der Waals surface area contributed by atoms with Crippen molar-refractivity contribution in [3.8, 4) is 0 Å². The van der Waals surface area contributed by atoms with E-state index in [1.165, 1.54) is 32.1 Å². The molecule has 1 heterocycles. The molecule has 0 aromatic carbocycles. The monoisotopic (exact) mass is 367 g/mol. The number of ether oxygens (including phenoxy) is 1. The van der Waals surface area contributed by atoms with Gasteiger partial charge in [-0.25, -0.2) is 0 Å². The molecule has 1 atom stereocenters. The van der Waals surface area contributed by atoms with Crippen LogP contribution in [0.1, 0.15) is 45.4 Å². The molecule has 106 valence electrons. The molecule has 0 aromatic rings. The van der Waals surface area contributed by atoms with Gasteiger partial charge in [-0.15, -0.1) is 24.0 Å². The average molecular weight is 367 g/mol. The van der Waals surface area contributed by atoms with E-state index in [0.29, 0.717) is 12.1 Å². The van der Waals surface area contributed by atoms with Crippen LogP contribution in [0.5, 0.6) is 0 Å². The van der Waals surface area contributed by atoms with E-state index in [1.54, 1.807) is 0 Å². The minimum absolute atomic E-state index is 0. The second-order valence-corrected chi connectivity index (χ2v) is 4.98. The molecule has 0 bridgehead atoms. The molecule has 1 aliphatic carbocycles. The Labute approximate surface area is 127 Å². The first kappa shape index (κ1) is 16.0. The molecule has 1 unspecified atom stereocenters. The summed E-state index contributed by atoms with van der Waals surface area (Å²) in [6.45, 7) is 4.73. The molecular formula is C13H26IN3O. The van der Waals surface area contributed by atoms with Gasteiger partial charge in [-0.2, -0.15) is 0 Å². The molecule has 5 heteroatoms. The van der Waals surface area contributed by atoms with Gasteiger partial charge >= 0.3 is 0 Å². The highest BCUT2D eigenvalue weighted by Gasteiger charge is 2.17. The zero-order valence-electron chi connectivity index (χ0n) is 11.3. The van der Waals surface area contributed by atoms with Crippen molar-refractivity contribution in [1.29, 1.82) is 0 Å². The third-order valence-electron chi connectivity index (χ3n) is 3.52. The molecule has 2 fully saturated rings. The van der Waals surface area contributed by atoms with E-state index < -0.39 is 0 Å². The van der Waals surface area contributed by atoms with E-state index in [-0.39, 0.29) is 24.0 Å². The van der Waals surface area contributed by atoms with Crippen LogP contribution in [-0.4, -0.2) is 37.8 Å². The molecular weight excluding hydrogens is 341 g/mol. The van der Waals surface area contributed by atoms with Crippen LogP contribution in [0.25, 0.3) is 0 Å². The van der Waals surface area contributed by atoms with Gasteiger partial charge in [-0.3, -0.25) is 4.99 Å². The van der Waals surface area contributed by atoms with Crippen molar-refractivity contribution in [2.75, 3.05) is 19.7 Å². The minimum atomic E-state index is 0. The fraction of sp³-hybridized carbons (Fsp3) is 0.923. The largest absolute Gasteiger partial charge is 0.376 e. The van der Waals surface area contributed by atoms with E-state index in [4.69, 9.17) is 4.74 Å². The van der Waals surface area contributed by atoms with Crippen molar-refractivity contribution in [2.24, 2.45) is 4.99 Å². The maximum atomic E-state index is 5.59. The quantitative estimate of drug-likeness (QED) is 0.455. The Kier molecular flexibility index (Phi) is 7.97. The van der Waals surface area contributed by atoms with Crippen molar-refractivity contribution >= 4 is 29.9 Å². The van der Waals surface area contributed by atoms with Crippen molar-refractivity contribution in [3.63, 3.8) is 0 Å². The van der Waals surface area contributed by atoms with Crippen molar-refractivity contribution in [2.45, 2.75) is 57.6 Å². The van der Waals surface area contributed by atoms with Gasteiger partial charge in [0.1, 0.15) is 0 Å². The Morgan fingerprint density at radius 2 is 2.00 bits per heavy atom. The molecule has 0 radical (unpaired) electrons. The van der Waals surface area contributed by atoms with E-state index in [2.05, 4.69) is 22.5 Å². The summed E-state index contributed by atoms with van der Waals surface area (Å²) in [6, 6.07) is 0.622. The molecule has 0 amide bonds. The summed E-state index contributed by atoms with van der Waals surface area (Å²) in [6.07, 6.45) is 7.95. The first-order valence-electron chi connectivity index (χ1n) is 7.05. The molecule has 2 aliphatic rings. The molecule has 18 heavy (non-hydrogen) atoms. The summed E-state index contributed by atoms with van der Waals surface area (Å²) < 4.78 is 5.59. The summed E-state index contributed by atoms with van der Waals surface area (Å²) in [5.41, 5.74) is 0. The minimum Gasteiger partial charge on any atom is -0.376 e. The summed E-state index contributed by atoms with van der Waals surface area (Å²) in [5, 5.41) is 6.84. The smallest absolute Gasteiger partial charge is 0.191 e. The summed E-state index contributed by atoms with van der Waals surface area (Å²) in [4.78, 5) is 4.63. The Bertz CT molecular complexity index is 249. The number of aliphatic imine (C=N–C) groups is 1. The maximum absolute atomic E-state index is 5.59. The number of hydrogen-bond donors (Lipinski definition) is 2. The van der Waals surface area contributed by atoms with Gasteiger partial charge in [-0.05, 0) is 32.6 Å². The van der Waals surface area contributed by atoms with Crippen LogP contribution < -0.4 is 10.6 Å². The Morgan fingerprint density at radius 1 is 1.22 bits per heavy atom. The number of nitrogens with one attached hydrogen (secondary N) is 2. The third-order valence-corrected chi connectivity index (χ3v) is 3.52. The average Bonchev–Trinajstić information content (AvgIpc) is 2.99. The van der Waals surface area contributed by atoms with E-state index in [1.807, 2.05) is 0 Å². The van der Waals surface area contributed by atoms with E-state index >= 15 is 0 Å². The lowest BCUT2D eigenvalue weighted by Gasteiger charge is -2.17. The number of rotatable bonds is 4. The summed E-state index contributed by atoms with van der Waals surface area (Å²) >= 11 is 0. The van der Waals surface area contributed by atoms with Crippen LogP contribution >= 0.6 is 24.0 Å². The predicted octanol–water partition coefficient (Wildman–Crippen LogP) is 2.28. The van der Waals surface area contributed by atoms with Crippen LogP contribution in [0, 0.1) is 0 Å². The van der Waals surface area contributed by atoms with Gasteiger partial charge in [0.15, 0.2) is 5.96 Å². The molecule has 0 aromatic heterocycles. The van der Waals surface area contributed by atoms with Crippen molar-refractivity contribution in [3.05, 3.63) is 0 Å². The molecule has 2 rings (SSSR count). The highest BCUT2D eigenvalue weighted by Crippen LogP contribution is 2.17. The Hall–Kier alpha value is -0.0400. The SMILES string of the molecule is CCNC(=NCC1CCCO1)NC1CCCC1.I. The number of nitrogens with zero attached hydrogens (tertiary/aromatic N) is 1. The zero-order valence-corrected chi connectivity index (χ0v) is 13.6. The normalized spacial score (nSPS) is 24.9. The fourth-order valence-corrected chi connectivity index (χ4v) is 2.56. The van der Waals surface area contributed by atoms with Gasteiger partial charge in [0.2, 0.25) is 0 Å². The van der Waals surface area contributed by atoms with E-state index in [0.717, 1.165) is 32.1 Å². The topological polar surface area (TPSA) is 45.7 Å². The molecule has 1 saturated carbocycles. The van der Waals surface area contributed by atoms with Gasteiger partial charge in [0.05, 0.1) is 12.6 Å². The van der Waals surface area contributed by atoms with Crippen LogP contribution in [0.4, 0.5) is 0 Å². The Balaban J connectivity index is 0.00000162. The van der Waals surface area contributed by atoms with Crippen LogP contribution in [0.15, 0.2) is 4.99 Å². The fourth-order valence-electron chi connectivity index (χ4n) is 2.56. The second kappa shape index (κ2) is 8.96. The van der Waals surface area contributed by atoms with Gasteiger partial charge in [0.25, 0.3) is 0 Å². The number of halogens is 1. The lowest BCUT2D eigenvalue weighted by Crippen LogP contribution is -2.42. The third kappa shape index (κ3) is 5.30. The number of guanidine groups is 1. The van der Waals surface area contributed by atoms with Crippen molar-refractivity contribution < 1.29 is 4.74 Å². The summed E-state index contributed by atoms with van der Waals surface area (Å²) in [7, 11) is 0. The van der Waals surface area contributed by atoms with Gasteiger partial charge < -0.3 is 15.4 Å². The zero-order chi connectivity index (χ0) is 11.9. The highest BCUT2D eigenvalue weighted by atomic mass is 127. The lowest BCUT2D eigenvalue weighted by molar-refractivity contribution is 0.117. The first-order valence-corrected chi connectivity index (χ1v) is 7.05. The highest BCUT2D eigenvalue weighted by molar-refractivity contribution is 14.0. The molecule has 1 saturated heterocycles.